The second kappa shape index (κ2) is 7.70. The van der Waals surface area contributed by atoms with E-state index in [-0.39, 0.29) is 5.91 Å². The van der Waals surface area contributed by atoms with Gasteiger partial charge in [0, 0.05) is 23.1 Å². The zero-order valence-electron chi connectivity index (χ0n) is 12.6. The fourth-order valence-corrected chi connectivity index (χ4v) is 2.42. The van der Waals surface area contributed by atoms with E-state index in [4.69, 9.17) is 4.74 Å². The molecule has 1 amide bonds. The molecule has 3 aromatic rings. The number of rotatable bonds is 5. The average molecular weight is 384 g/mol. The summed E-state index contributed by atoms with van der Waals surface area (Å²) in [6, 6.07) is 15.0. The molecule has 0 aliphatic heterocycles. The molecule has 6 heteroatoms. The van der Waals surface area contributed by atoms with Gasteiger partial charge in [0.05, 0.1) is 5.56 Å². The van der Waals surface area contributed by atoms with E-state index < -0.39 is 0 Å². The molecule has 0 fully saturated rings. The van der Waals surface area contributed by atoms with E-state index in [0.717, 1.165) is 10.0 Å². The average Bonchev–Trinajstić information content (AvgIpc) is 2.62. The van der Waals surface area contributed by atoms with Crippen molar-refractivity contribution in [2.24, 2.45) is 0 Å². The number of aromatic nitrogens is 2. The molecule has 24 heavy (non-hydrogen) atoms. The highest BCUT2D eigenvalue weighted by Gasteiger charge is 2.12. The lowest BCUT2D eigenvalue weighted by atomic mass is 10.2. The highest BCUT2D eigenvalue weighted by molar-refractivity contribution is 9.10. The lowest BCUT2D eigenvalue weighted by molar-refractivity contribution is 0.102. The molecule has 0 bridgehead atoms. The highest BCUT2D eigenvalue weighted by atomic mass is 79.9. The van der Waals surface area contributed by atoms with Crippen molar-refractivity contribution < 1.29 is 9.53 Å². The van der Waals surface area contributed by atoms with Crippen LogP contribution in [-0.4, -0.2) is 15.9 Å². The Balaban J connectivity index is 1.73. The third-order valence-corrected chi connectivity index (χ3v) is 3.64. The molecule has 3 rings (SSSR count). The zero-order valence-corrected chi connectivity index (χ0v) is 14.2. The molecule has 0 atom stereocenters. The van der Waals surface area contributed by atoms with E-state index in [1.807, 2.05) is 30.3 Å². The minimum absolute atomic E-state index is 0.299. The lowest BCUT2D eigenvalue weighted by Gasteiger charge is -2.11. The molecule has 0 aliphatic carbocycles. The molecule has 0 aliphatic rings. The van der Waals surface area contributed by atoms with Gasteiger partial charge in [0.2, 0.25) is 0 Å². The number of hydrogen-bond acceptors (Lipinski definition) is 4. The van der Waals surface area contributed by atoms with Crippen LogP contribution in [0.3, 0.4) is 0 Å². The van der Waals surface area contributed by atoms with Crippen LogP contribution in [0, 0.1) is 0 Å². The van der Waals surface area contributed by atoms with Crippen LogP contribution in [0.1, 0.15) is 15.9 Å². The number of carbonyl (C=O) groups is 1. The van der Waals surface area contributed by atoms with Gasteiger partial charge in [-0.15, -0.1) is 0 Å². The molecule has 2 aromatic heterocycles. The Morgan fingerprint density at radius 3 is 2.75 bits per heavy atom. The van der Waals surface area contributed by atoms with E-state index in [2.05, 4.69) is 31.2 Å². The standard InChI is InChI=1S/C18H14BrN3O2/c19-15-9-14(10-20-11-15)18(23)22-17-16(7-4-8-21-17)24-12-13-5-2-1-3-6-13/h1-11H,12H2,(H,21,22,23). The number of nitrogens with zero attached hydrogens (tertiary/aromatic N) is 2. The zero-order chi connectivity index (χ0) is 16.8. The van der Waals surface area contributed by atoms with Gasteiger partial charge in [-0.25, -0.2) is 4.98 Å². The third-order valence-electron chi connectivity index (χ3n) is 3.21. The van der Waals surface area contributed by atoms with Crippen molar-refractivity contribution in [3.63, 3.8) is 0 Å². The summed E-state index contributed by atoms with van der Waals surface area (Å²) in [5.74, 6) is 0.586. The Labute approximate surface area is 147 Å². The number of hydrogen-bond donors (Lipinski definition) is 1. The van der Waals surface area contributed by atoms with Gasteiger partial charge in [0.25, 0.3) is 5.91 Å². The molecule has 120 valence electrons. The van der Waals surface area contributed by atoms with Crippen LogP contribution in [0.25, 0.3) is 0 Å². The quantitative estimate of drug-likeness (QED) is 0.720. The number of halogens is 1. The van der Waals surface area contributed by atoms with Gasteiger partial charge in [0.1, 0.15) is 6.61 Å². The summed E-state index contributed by atoms with van der Waals surface area (Å²) in [4.78, 5) is 20.5. The first-order valence-electron chi connectivity index (χ1n) is 7.26. The summed E-state index contributed by atoms with van der Waals surface area (Å²) < 4.78 is 6.51. The molecule has 0 saturated heterocycles. The van der Waals surface area contributed by atoms with Crippen LogP contribution in [0.4, 0.5) is 5.82 Å². The first kappa shape index (κ1) is 16.1. The van der Waals surface area contributed by atoms with Gasteiger partial charge in [-0.1, -0.05) is 30.3 Å². The van der Waals surface area contributed by atoms with Crippen LogP contribution in [0.15, 0.2) is 71.6 Å². The summed E-state index contributed by atoms with van der Waals surface area (Å²) in [5.41, 5.74) is 1.47. The van der Waals surface area contributed by atoms with E-state index in [9.17, 15) is 4.79 Å². The van der Waals surface area contributed by atoms with Gasteiger partial charge in [-0.3, -0.25) is 9.78 Å². The first-order chi connectivity index (χ1) is 11.7. The van der Waals surface area contributed by atoms with Crippen LogP contribution >= 0.6 is 15.9 Å². The van der Waals surface area contributed by atoms with Gasteiger partial charge < -0.3 is 10.1 Å². The number of amides is 1. The van der Waals surface area contributed by atoms with Gasteiger partial charge in [0.15, 0.2) is 11.6 Å². The van der Waals surface area contributed by atoms with E-state index in [1.54, 1.807) is 30.6 Å². The maximum Gasteiger partial charge on any atom is 0.258 e. The summed E-state index contributed by atoms with van der Waals surface area (Å²) in [7, 11) is 0. The second-order valence-corrected chi connectivity index (χ2v) is 5.89. The van der Waals surface area contributed by atoms with Crippen molar-refractivity contribution in [2.45, 2.75) is 6.61 Å². The van der Waals surface area contributed by atoms with Crippen molar-refractivity contribution in [2.75, 3.05) is 5.32 Å². The van der Waals surface area contributed by atoms with Crippen molar-refractivity contribution in [3.8, 4) is 5.75 Å². The van der Waals surface area contributed by atoms with Crippen molar-refractivity contribution in [1.82, 2.24) is 9.97 Å². The fourth-order valence-electron chi connectivity index (χ4n) is 2.05. The molecule has 2 heterocycles. The number of benzene rings is 1. The topological polar surface area (TPSA) is 64.1 Å². The van der Waals surface area contributed by atoms with Crippen LogP contribution < -0.4 is 10.1 Å². The Morgan fingerprint density at radius 2 is 1.96 bits per heavy atom. The molecule has 5 nitrogen and oxygen atoms in total. The van der Waals surface area contributed by atoms with Gasteiger partial charge in [-0.05, 0) is 39.7 Å². The minimum Gasteiger partial charge on any atom is -0.485 e. The number of anilines is 1. The maximum absolute atomic E-state index is 12.3. The van der Waals surface area contributed by atoms with Crippen molar-refractivity contribution in [1.29, 1.82) is 0 Å². The summed E-state index contributed by atoms with van der Waals surface area (Å²) in [5, 5.41) is 2.75. The number of ether oxygens (including phenoxy) is 1. The highest BCUT2D eigenvalue weighted by Crippen LogP contribution is 2.23. The first-order valence-corrected chi connectivity index (χ1v) is 8.05. The maximum atomic E-state index is 12.3. The predicted molar refractivity (Wildman–Crippen MR) is 94.9 cm³/mol. The SMILES string of the molecule is O=C(Nc1ncccc1OCc1ccccc1)c1cncc(Br)c1. The summed E-state index contributed by atoms with van der Waals surface area (Å²) in [6.45, 7) is 0.397. The van der Waals surface area contributed by atoms with Crippen molar-refractivity contribution >= 4 is 27.7 Å². The van der Waals surface area contributed by atoms with Crippen LogP contribution in [0.2, 0.25) is 0 Å². The van der Waals surface area contributed by atoms with Gasteiger partial charge in [-0.2, -0.15) is 0 Å². The molecule has 1 N–H and O–H groups in total. The number of carbonyl (C=O) groups excluding carboxylic acids is 1. The molecule has 0 saturated carbocycles. The number of nitrogens with one attached hydrogen (secondary N) is 1. The van der Waals surface area contributed by atoms with E-state index in [0.29, 0.717) is 23.7 Å². The minimum atomic E-state index is -0.299. The van der Waals surface area contributed by atoms with Crippen LogP contribution in [-0.2, 0) is 6.61 Å². The Morgan fingerprint density at radius 1 is 1.12 bits per heavy atom. The lowest BCUT2D eigenvalue weighted by Crippen LogP contribution is -2.14. The van der Waals surface area contributed by atoms with Crippen LogP contribution in [0.5, 0.6) is 5.75 Å². The molecule has 0 spiro atoms. The molecular formula is C18H14BrN3O2. The smallest absolute Gasteiger partial charge is 0.258 e. The van der Waals surface area contributed by atoms with Gasteiger partial charge >= 0.3 is 0 Å². The Bertz CT molecular complexity index is 840. The Hall–Kier alpha value is -2.73. The predicted octanol–water partition coefficient (Wildman–Crippen LogP) is 4.07. The monoisotopic (exact) mass is 383 g/mol. The molecule has 0 radical (unpaired) electrons. The summed E-state index contributed by atoms with van der Waals surface area (Å²) >= 11 is 3.30. The largest absolute Gasteiger partial charge is 0.485 e. The normalized spacial score (nSPS) is 10.2. The molecule has 1 aromatic carbocycles. The fraction of sp³-hybridized carbons (Fsp3) is 0.0556. The van der Waals surface area contributed by atoms with E-state index >= 15 is 0 Å². The Kier molecular flexibility index (Phi) is 5.18. The van der Waals surface area contributed by atoms with Crippen molar-refractivity contribution in [3.05, 3.63) is 82.7 Å². The third kappa shape index (κ3) is 4.17. The molecule has 0 unspecified atom stereocenters. The van der Waals surface area contributed by atoms with E-state index in [1.165, 1.54) is 6.20 Å². The summed E-state index contributed by atoms with van der Waals surface area (Å²) in [6.07, 6.45) is 4.71. The molecular weight excluding hydrogens is 370 g/mol. The number of pyridine rings is 2. The second-order valence-electron chi connectivity index (χ2n) is 4.97.